The van der Waals surface area contributed by atoms with Crippen LogP contribution in [-0.4, -0.2) is 30.1 Å². The fraction of sp³-hybridized carbons (Fsp3) is 0.333. The number of hydrogen-bond acceptors (Lipinski definition) is 4. The lowest BCUT2D eigenvalue weighted by molar-refractivity contribution is 0.00578. The van der Waals surface area contributed by atoms with Gasteiger partial charge in [-0.3, -0.25) is 9.59 Å². The van der Waals surface area contributed by atoms with Gasteiger partial charge in [0.1, 0.15) is 5.82 Å². The third-order valence-corrected chi connectivity index (χ3v) is 5.94. The van der Waals surface area contributed by atoms with Crippen LogP contribution in [0.1, 0.15) is 54.0 Å². The largest absolute Gasteiger partial charge is 0.495 e. The first-order valence-corrected chi connectivity index (χ1v) is 9.17. The molecule has 0 atom stereocenters. The average Bonchev–Trinajstić information content (AvgIpc) is 2.97. The number of amides is 2. The molecule has 4 rings (SSSR count). The van der Waals surface area contributed by atoms with Crippen molar-refractivity contribution in [3.63, 3.8) is 0 Å². The maximum Gasteiger partial charge on any atom is 0.495 e. The quantitative estimate of drug-likeness (QED) is 0.592. The Morgan fingerprint density at radius 1 is 0.929 bits per heavy atom. The number of hydrogen-bond donors (Lipinski definition) is 0. The highest BCUT2D eigenvalue weighted by atomic mass is 19.1. The molecule has 2 aliphatic rings. The van der Waals surface area contributed by atoms with Crippen LogP contribution in [0.15, 0.2) is 36.4 Å². The van der Waals surface area contributed by atoms with E-state index in [1.165, 1.54) is 12.1 Å². The molecule has 0 radical (unpaired) electrons. The van der Waals surface area contributed by atoms with Crippen molar-refractivity contribution in [2.24, 2.45) is 0 Å². The predicted molar refractivity (Wildman–Crippen MR) is 104 cm³/mol. The zero-order valence-corrected chi connectivity index (χ0v) is 16.5. The Morgan fingerprint density at radius 3 is 2.18 bits per heavy atom. The van der Waals surface area contributed by atoms with Crippen molar-refractivity contribution in [3.05, 3.63) is 58.9 Å². The molecule has 2 aromatic carbocycles. The molecule has 2 amide bonds. The van der Waals surface area contributed by atoms with Gasteiger partial charge in [0.15, 0.2) is 0 Å². The Balaban J connectivity index is 1.75. The molecule has 0 spiro atoms. The van der Waals surface area contributed by atoms with E-state index in [4.69, 9.17) is 9.31 Å². The van der Waals surface area contributed by atoms with Crippen molar-refractivity contribution < 1.29 is 23.3 Å². The van der Waals surface area contributed by atoms with E-state index in [9.17, 15) is 14.0 Å². The highest BCUT2D eigenvalue weighted by Gasteiger charge is 2.52. The number of nitrogens with zero attached hydrogens (tertiary/aromatic N) is 1. The second-order valence-corrected chi connectivity index (χ2v) is 8.22. The summed E-state index contributed by atoms with van der Waals surface area (Å²) in [7, 11) is -0.613. The Hall–Kier alpha value is -2.51. The zero-order valence-electron chi connectivity index (χ0n) is 16.5. The normalized spacial score (nSPS) is 20.1. The van der Waals surface area contributed by atoms with Crippen molar-refractivity contribution >= 4 is 30.1 Å². The molecular formula is C21H21BFNO4. The summed E-state index contributed by atoms with van der Waals surface area (Å²) in [5.41, 5.74) is 1.16. The second kappa shape index (κ2) is 5.99. The molecule has 5 nitrogen and oxygen atoms in total. The van der Waals surface area contributed by atoms with Gasteiger partial charge in [-0.05, 0) is 69.9 Å². The zero-order chi connectivity index (χ0) is 20.4. The van der Waals surface area contributed by atoms with Crippen LogP contribution < -0.4 is 10.4 Å². The average molecular weight is 381 g/mol. The van der Waals surface area contributed by atoms with Crippen LogP contribution >= 0.6 is 0 Å². The number of rotatable bonds is 2. The first kappa shape index (κ1) is 18.8. The summed E-state index contributed by atoms with van der Waals surface area (Å²) in [5, 5.41) is 0. The van der Waals surface area contributed by atoms with Crippen LogP contribution in [0.3, 0.4) is 0 Å². The maximum absolute atomic E-state index is 13.6. The van der Waals surface area contributed by atoms with Gasteiger partial charge in [0.2, 0.25) is 0 Å². The summed E-state index contributed by atoms with van der Waals surface area (Å²) in [5.74, 6) is -1.55. The molecule has 144 valence electrons. The predicted octanol–water partition coefficient (Wildman–Crippen LogP) is 3.23. The van der Waals surface area contributed by atoms with Crippen molar-refractivity contribution in [2.45, 2.75) is 45.8 Å². The topological polar surface area (TPSA) is 55.8 Å². The van der Waals surface area contributed by atoms with Crippen molar-refractivity contribution in [3.8, 4) is 0 Å². The van der Waals surface area contributed by atoms with Crippen LogP contribution in [0.5, 0.6) is 0 Å². The molecule has 1 saturated heterocycles. The summed E-state index contributed by atoms with van der Waals surface area (Å²) >= 11 is 0. The van der Waals surface area contributed by atoms with E-state index in [1.54, 1.807) is 12.1 Å². The number of anilines is 1. The summed E-state index contributed by atoms with van der Waals surface area (Å²) < 4.78 is 25.8. The highest BCUT2D eigenvalue weighted by molar-refractivity contribution is 6.63. The van der Waals surface area contributed by atoms with Crippen LogP contribution in [0, 0.1) is 12.7 Å². The van der Waals surface area contributed by atoms with Gasteiger partial charge in [0, 0.05) is 0 Å². The standard InChI is InChI=1S/C21H21BFNO4/c1-12-16(22-27-20(2,3)21(4,5)28-22)7-6-8-17(12)24-18(25)14-10-9-13(23)11-15(14)19(24)26/h6-11H,1-5H3. The smallest absolute Gasteiger partial charge is 0.399 e. The lowest BCUT2D eigenvalue weighted by atomic mass is 9.75. The number of carbonyl (C=O) groups is 2. The van der Waals surface area contributed by atoms with E-state index in [2.05, 4.69) is 0 Å². The van der Waals surface area contributed by atoms with E-state index >= 15 is 0 Å². The van der Waals surface area contributed by atoms with Crippen molar-refractivity contribution in [2.75, 3.05) is 4.90 Å². The molecule has 1 fully saturated rings. The van der Waals surface area contributed by atoms with Crippen LogP contribution in [-0.2, 0) is 9.31 Å². The molecule has 0 aromatic heterocycles. The highest BCUT2D eigenvalue weighted by Crippen LogP contribution is 2.37. The molecule has 0 bridgehead atoms. The summed E-state index contributed by atoms with van der Waals surface area (Å²) in [4.78, 5) is 26.7. The van der Waals surface area contributed by atoms with E-state index < -0.39 is 36.0 Å². The van der Waals surface area contributed by atoms with Gasteiger partial charge in [-0.1, -0.05) is 12.1 Å². The van der Waals surface area contributed by atoms with Crippen molar-refractivity contribution in [1.82, 2.24) is 0 Å². The number of carbonyl (C=O) groups excluding carboxylic acids is 2. The Labute approximate surface area is 163 Å². The van der Waals surface area contributed by atoms with Gasteiger partial charge in [0.25, 0.3) is 11.8 Å². The van der Waals surface area contributed by atoms with Gasteiger partial charge in [-0.25, -0.2) is 9.29 Å². The molecule has 0 unspecified atom stereocenters. The third-order valence-electron chi connectivity index (χ3n) is 5.94. The molecule has 7 heteroatoms. The minimum Gasteiger partial charge on any atom is -0.399 e. The van der Waals surface area contributed by atoms with Crippen LogP contribution in [0.25, 0.3) is 0 Å². The molecule has 28 heavy (non-hydrogen) atoms. The first-order chi connectivity index (χ1) is 13.0. The number of halogens is 1. The maximum atomic E-state index is 13.6. The first-order valence-electron chi connectivity index (χ1n) is 9.17. The summed E-state index contributed by atoms with van der Waals surface area (Å²) in [6, 6.07) is 8.94. The molecule has 0 N–H and O–H groups in total. The van der Waals surface area contributed by atoms with E-state index in [0.29, 0.717) is 11.3 Å². The van der Waals surface area contributed by atoms with E-state index in [-0.39, 0.29) is 11.1 Å². The molecule has 2 heterocycles. The molecule has 2 aromatic rings. The number of fused-ring (bicyclic) bond motifs is 1. The SMILES string of the molecule is Cc1c(B2OC(C)(C)C(C)(C)O2)cccc1N1C(=O)c2ccc(F)cc2C1=O. The lowest BCUT2D eigenvalue weighted by Crippen LogP contribution is -2.41. The number of benzene rings is 2. The summed E-state index contributed by atoms with van der Waals surface area (Å²) in [6.45, 7) is 9.67. The van der Waals surface area contributed by atoms with Gasteiger partial charge < -0.3 is 9.31 Å². The lowest BCUT2D eigenvalue weighted by Gasteiger charge is -2.32. The third kappa shape index (κ3) is 2.61. The van der Waals surface area contributed by atoms with Gasteiger partial charge in [0.05, 0.1) is 28.0 Å². The number of imide groups is 1. The molecular weight excluding hydrogens is 360 g/mol. The van der Waals surface area contributed by atoms with Crippen molar-refractivity contribution in [1.29, 1.82) is 0 Å². The van der Waals surface area contributed by atoms with Gasteiger partial charge in [-0.2, -0.15) is 0 Å². The van der Waals surface area contributed by atoms with Gasteiger partial charge in [-0.15, -0.1) is 0 Å². The fourth-order valence-corrected chi connectivity index (χ4v) is 3.54. The Morgan fingerprint density at radius 2 is 1.54 bits per heavy atom. The van der Waals surface area contributed by atoms with E-state index in [0.717, 1.165) is 16.4 Å². The monoisotopic (exact) mass is 381 g/mol. The summed E-state index contributed by atoms with van der Waals surface area (Å²) in [6.07, 6.45) is 0. The Kier molecular flexibility index (Phi) is 4.03. The van der Waals surface area contributed by atoms with Gasteiger partial charge >= 0.3 is 7.12 Å². The molecule has 2 aliphatic heterocycles. The minimum absolute atomic E-state index is 0.0745. The Bertz CT molecular complexity index is 1000. The van der Waals surface area contributed by atoms with Crippen LogP contribution in [0.2, 0.25) is 0 Å². The minimum atomic E-state index is -0.613. The van der Waals surface area contributed by atoms with E-state index in [1.807, 2.05) is 40.7 Å². The fourth-order valence-electron chi connectivity index (χ4n) is 3.54. The second-order valence-electron chi connectivity index (χ2n) is 8.22. The molecule has 0 aliphatic carbocycles. The molecule has 0 saturated carbocycles. The van der Waals surface area contributed by atoms with Crippen LogP contribution in [0.4, 0.5) is 10.1 Å².